The van der Waals surface area contributed by atoms with Crippen LogP contribution in [0.5, 0.6) is 0 Å². The number of ether oxygens (including phenoxy) is 1. The van der Waals surface area contributed by atoms with E-state index in [9.17, 15) is 4.79 Å². The first-order chi connectivity index (χ1) is 11.6. The summed E-state index contributed by atoms with van der Waals surface area (Å²) in [4.78, 5) is 19.9. The van der Waals surface area contributed by atoms with Gasteiger partial charge in [0.15, 0.2) is 0 Å². The van der Waals surface area contributed by atoms with Gasteiger partial charge >= 0.3 is 5.97 Å². The predicted molar refractivity (Wildman–Crippen MR) is 93.0 cm³/mol. The summed E-state index contributed by atoms with van der Waals surface area (Å²) in [6.45, 7) is 7.82. The summed E-state index contributed by atoms with van der Waals surface area (Å²) in [7, 11) is 0. The number of carbonyl (C=O) groups is 1. The molecule has 1 aromatic heterocycles. The number of aromatic nitrogens is 1. The molecule has 1 atom stereocenters. The van der Waals surface area contributed by atoms with Crippen LogP contribution < -0.4 is 4.90 Å². The summed E-state index contributed by atoms with van der Waals surface area (Å²) in [6.07, 6.45) is 3.57. The predicted octanol–water partition coefficient (Wildman–Crippen LogP) is 2.37. The quantitative estimate of drug-likeness (QED) is 0.896. The van der Waals surface area contributed by atoms with Crippen LogP contribution >= 0.6 is 11.6 Å². The maximum atomic E-state index is 11.0. The standard InChI is InChI=1S/C17H24ClN3O3/c1-12(20-6-8-24-9-7-20)13-2-4-21(5-3-13)16-15(18)10-14(11-19-16)17(22)23/h10-13H,2-9H2,1H3,(H,22,23)/t12-/m0/s1. The molecule has 0 unspecified atom stereocenters. The molecule has 24 heavy (non-hydrogen) atoms. The van der Waals surface area contributed by atoms with Crippen molar-refractivity contribution in [2.75, 3.05) is 44.3 Å². The van der Waals surface area contributed by atoms with E-state index in [1.165, 1.54) is 12.3 Å². The number of carboxylic acid groups (broad SMARTS) is 1. The van der Waals surface area contributed by atoms with Crippen LogP contribution in [0.1, 0.15) is 30.1 Å². The average Bonchev–Trinajstić information content (AvgIpc) is 2.62. The Kier molecular flexibility index (Phi) is 5.58. The molecule has 0 aromatic carbocycles. The van der Waals surface area contributed by atoms with Gasteiger partial charge in [0, 0.05) is 38.4 Å². The molecule has 7 heteroatoms. The highest BCUT2D eigenvalue weighted by molar-refractivity contribution is 6.33. The first-order valence-electron chi connectivity index (χ1n) is 8.52. The Morgan fingerprint density at radius 2 is 2.00 bits per heavy atom. The lowest BCUT2D eigenvalue weighted by atomic mass is 9.89. The van der Waals surface area contributed by atoms with E-state index < -0.39 is 5.97 Å². The van der Waals surface area contributed by atoms with Crippen LogP contribution in [0, 0.1) is 5.92 Å². The van der Waals surface area contributed by atoms with Gasteiger partial charge in [0.25, 0.3) is 0 Å². The Labute approximate surface area is 147 Å². The fraction of sp³-hybridized carbons (Fsp3) is 0.647. The normalized spacial score (nSPS) is 21.7. The Morgan fingerprint density at radius 1 is 1.33 bits per heavy atom. The number of nitrogens with zero attached hydrogens (tertiary/aromatic N) is 3. The Bertz CT molecular complexity index is 584. The Balaban J connectivity index is 1.59. The van der Waals surface area contributed by atoms with Gasteiger partial charge in [0.05, 0.1) is 23.8 Å². The minimum atomic E-state index is -1.01. The molecule has 0 bridgehead atoms. The van der Waals surface area contributed by atoms with Crippen LogP contribution in [0.3, 0.4) is 0 Å². The first-order valence-corrected chi connectivity index (χ1v) is 8.89. The molecular formula is C17H24ClN3O3. The van der Waals surface area contributed by atoms with Crippen LogP contribution in [0.2, 0.25) is 5.02 Å². The molecule has 2 aliphatic rings. The average molecular weight is 354 g/mol. The molecule has 0 spiro atoms. The molecule has 0 saturated carbocycles. The molecular weight excluding hydrogens is 330 g/mol. The van der Waals surface area contributed by atoms with Crippen molar-refractivity contribution in [3.63, 3.8) is 0 Å². The van der Waals surface area contributed by atoms with E-state index in [0.717, 1.165) is 52.2 Å². The van der Waals surface area contributed by atoms with Gasteiger partial charge in [-0.3, -0.25) is 4.90 Å². The van der Waals surface area contributed by atoms with Gasteiger partial charge in [0.1, 0.15) is 5.82 Å². The highest BCUT2D eigenvalue weighted by Gasteiger charge is 2.29. The minimum absolute atomic E-state index is 0.125. The summed E-state index contributed by atoms with van der Waals surface area (Å²) in [6, 6.07) is 2.04. The van der Waals surface area contributed by atoms with Crippen LogP contribution in [0.25, 0.3) is 0 Å². The molecule has 0 radical (unpaired) electrons. The van der Waals surface area contributed by atoms with E-state index in [4.69, 9.17) is 21.4 Å². The van der Waals surface area contributed by atoms with Crippen molar-refractivity contribution in [1.82, 2.24) is 9.88 Å². The zero-order valence-electron chi connectivity index (χ0n) is 13.9. The number of hydrogen-bond acceptors (Lipinski definition) is 5. The van der Waals surface area contributed by atoms with Crippen molar-refractivity contribution in [2.45, 2.75) is 25.8 Å². The highest BCUT2D eigenvalue weighted by atomic mass is 35.5. The summed E-state index contributed by atoms with van der Waals surface area (Å²) in [5, 5.41) is 9.42. The van der Waals surface area contributed by atoms with Gasteiger partial charge in [-0.05, 0) is 31.7 Å². The molecule has 3 heterocycles. The lowest BCUT2D eigenvalue weighted by Crippen LogP contribution is -2.48. The smallest absolute Gasteiger partial charge is 0.337 e. The zero-order valence-corrected chi connectivity index (χ0v) is 14.7. The first kappa shape index (κ1) is 17.5. The van der Waals surface area contributed by atoms with Crippen molar-refractivity contribution in [3.05, 3.63) is 22.8 Å². The van der Waals surface area contributed by atoms with E-state index in [-0.39, 0.29) is 5.56 Å². The maximum Gasteiger partial charge on any atom is 0.337 e. The second-order valence-corrected chi connectivity index (χ2v) is 6.96. The van der Waals surface area contributed by atoms with E-state index in [0.29, 0.717) is 22.8 Å². The van der Waals surface area contributed by atoms with Crippen LogP contribution in [0.15, 0.2) is 12.3 Å². The summed E-state index contributed by atoms with van der Waals surface area (Å²) in [5.41, 5.74) is 0.125. The molecule has 2 saturated heterocycles. The second kappa shape index (κ2) is 7.68. The van der Waals surface area contributed by atoms with Crippen molar-refractivity contribution in [1.29, 1.82) is 0 Å². The number of morpholine rings is 1. The van der Waals surface area contributed by atoms with Crippen molar-refractivity contribution >= 4 is 23.4 Å². The van der Waals surface area contributed by atoms with Gasteiger partial charge in [0.2, 0.25) is 0 Å². The Morgan fingerprint density at radius 3 is 2.58 bits per heavy atom. The molecule has 1 N–H and O–H groups in total. The Hall–Kier alpha value is -1.37. The van der Waals surface area contributed by atoms with Gasteiger partial charge in [-0.2, -0.15) is 0 Å². The van der Waals surface area contributed by atoms with Crippen LogP contribution in [0.4, 0.5) is 5.82 Å². The maximum absolute atomic E-state index is 11.0. The number of hydrogen-bond donors (Lipinski definition) is 1. The van der Waals surface area contributed by atoms with Crippen LogP contribution in [-0.4, -0.2) is 66.4 Å². The summed E-state index contributed by atoms with van der Waals surface area (Å²) in [5.74, 6) is 0.351. The lowest BCUT2D eigenvalue weighted by Gasteiger charge is -2.41. The molecule has 1 aromatic rings. The largest absolute Gasteiger partial charge is 0.478 e. The molecule has 132 valence electrons. The fourth-order valence-electron chi connectivity index (χ4n) is 3.66. The number of carboxylic acids is 1. The molecule has 2 fully saturated rings. The zero-order chi connectivity index (χ0) is 17.1. The van der Waals surface area contributed by atoms with Crippen molar-refractivity contribution < 1.29 is 14.6 Å². The third kappa shape index (κ3) is 3.82. The van der Waals surface area contributed by atoms with Crippen LogP contribution in [-0.2, 0) is 4.74 Å². The molecule has 0 aliphatic carbocycles. The van der Waals surface area contributed by atoms with Gasteiger partial charge in [-0.15, -0.1) is 0 Å². The van der Waals surface area contributed by atoms with Gasteiger partial charge in [-0.25, -0.2) is 9.78 Å². The minimum Gasteiger partial charge on any atom is -0.478 e. The van der Waals surface area contributed by atoms with E-state index in [1.807, 2.05) is 0 Å². The SMILES string of the molecule is C[C@@H](C1CCN(c2ncc(C(=O)O)cc2Cl)CC1)N1CCOCC1. The molecule has 6 nitrogen and oxygen atoms in total. The van der Waals surface area contributed by atoms with Crippen molar-refractivity contribution in [2.24, 2.45) is 5.92 Å². The summed E-state index contributed by atoms with van der Waals surface area (Å²) >= 11 is 6.24. The number of piperidine rings is 1. The van der Waals surface area contributed by atoms with Gasteiger partial charge in [-0.1, -0.05) is 11.6 Å². The molecule has 0 amide bonds. The highest BCUT2D eigenvalue weighted by Crippen LogP contribution is 2.30. The third-order valence-electron chi connectivity index (χ3n) is 5.21. The topological polar surface area (TPSA) is 65.9 Å². The molecule has 2 aliphatic heterocycles. The monoisotopic (exact) mass is 353 g/mol. The fourth-order valence-corrected chi connectivity index (χ4v) is 3.94. The van der Waals surface area contributed by atoms with E-state index in [2.05, 4.69) is 21.7 Å². The second-order valence-electron chi connectivity index (χ2n) is 6.55. The van der Waals surface area contributed by atoms with Gasteiger partial charge < -0.3 is 14.7 Å². The number of anilines is 1. The molecule has 3 rings (SSSR count). The van der Waals surface area contributed by atoms with E-state index >= 15 is 0 Å². The van der Waals surface area contributed by atoms with E-state index in [1.54, 1.807) is 0 Å². The lowest BCUT2D eigenvalue weighted by molar-refractivity contribution is 0.00448. The number of halogens is 1. The van der Waals surface area contributed by atoms with Crippen molar-refractivity contribution in [3.8, 4) is 0 Å². The number of rotatable bonds is 4. The number of pyridine rings is 1. The summed E-state index contributed by atoms with van der Waals surface area (Å²) < 4.78 is 5.44. The third-order valence-corrected chi connectivity index (χ3v) is 5.49. The number of aromatic carboxylic acids is 1.